The van der Waals surface area contributed by atoms with E-state index in [1.54, 1.807) is 11.3 Å². The molecule has 0 bridgehead atoms. The lowest BCUT2D eigenvalue weighted by molar-refractivity contribution is -0.145. The van der Waals surface area contributed by atoms with E-state index in [0.29, 0.717) is 19.7 Å². The number of hydrogen-bond donors (Lipinski definition) is 0. The average molecular weight is 387 g/mol. The van der Waals surface area contributed by atoms with Crippen molar-refractivity contribution in [1.82, 2.24) is 15.1 Å². The van der Waals surface area contributed by atoms with E-state index in [2.05, 4.69) is 47.3 Å². The SMILES string of the molecule is CC(C)(C)c1ccc(N2CCOC(C(=O)N3CCc4sccc4C3)C2)nn1. The largest absolute Gasteiger partial charge is 0.365 e. The molecule has 0 N–H and O–H groups in total. The van der Waals surface area contributed by atoms with Crippen LogP contribution in [-0.2, 0) is 27.9 Å². The van der Waals surface area contributed by atoms with Crippen LogP contribution >= 0.6 is 11.3 Å². The fourth-order valence-electron chi connectivity index (χ4n) is 3.54. The van der Waals surface area contributed by atoms with E-state index >= 15 is 0 Å². The Balaban J connectivity index is 1.43. The zero-order valence-corrected chi connectivity index (χ0v) is 17.0. The zero-order chi connectivity index (χ0) is 19.0. The maximum Gasteiger partial charge on any atom is 0.253 e. The van der Waals surface area contributed by atoms with Gasteiger partial charge in [-0.3, -0.25) is 4.79 Å². The van der Waals surface area contributed by atoms with Crippen molar-refractivity contribution < 1.29 is 9.53 Å². The highest BCUT2D eigenvalue weighted by Gasteiger charge is 2.32. The van der Waals surface area contributed by atoms with Crippen molar-refractivity contribution in [3.8, 4) is 0 Å². The third-order valence-electron chi connectivity index (χ3n) is 5.20. The fraction of sp³-hybridized carbons (Fsp3) is 0.550. The Bertz CT molecular complexity index is 812. The van der Waals surface area contributed by atoms with Gasteiger partial charge in [0, 0.05) is 29.9 Å². The number of ether oxygens (including phenoxy) is 1. The van der Waals surface area contributed by atoms with Gasteiger partial charge in [-0.15, -0.1) is 16.4 Å². The smallest absolute Gasteiger partial charge is 0.253 e. The molecule has 0 aromatic carbocycles. The van der Waals surface area contributed by atoms with Crippen molar-refractivity contribution in [2.24, 2.45) is 0 Å². The Morgan fingerprint density at radius 3 is 2.81 bits per heavy atom. The Labute approximate surface area is 164 Å². The van der Waals surface area contributed by atoms with Gasteiger partial charge in [0.2, 0.25) is 0 Å². The van der Waals surface area contributed by atoms with Gasteiger partial charge in [-0.05, 0) is 35.6 Å². The van der Waals surface area contributed by atoms with E-state index in [4.69, 9.17) is 4.74 Å². The highest BCUT2D eigenvalue weighted by Crippen LogP contribution is 2.26. The van der Waals surface area contributed by atoms with Crippen molar-refractivity contribution in [3.63, 3.8) is 0 Å². The number of fused-ring (bicyclic) bond motifs is 1. The zero-order valence-electron chi connectivity index (χ0n) is 16.1. The maximum atomic E-state index is 13.0. The summed E-state index contributed by atoms with van der Waals surface area (Å²) in [6.07, 6.45) is 0.498. The summed E-state index contributed by atoms with van der Waals surface area (Å²) < 4.78 is 5.81. The lowest BCUT2D eigenvalue weighted by Crippen LogP contribution is -2.52. The van der Waals surface area contributed by atoms with Crippen LogP contribution in [0.1, 0.15) is 36.9 Å². The highest BCUT2D eigenvalue weighted by molar-refractivity contribution is 7.10. The van der Waals surface area contributed by atoms with E-state index in [0.717, 1.165) is 31.0 Å². The summed E-state index contributed by atoms with van der Waals surface area (Å²) in [6, 6.07) is 6.15. The van der Waals surface area contributed by atoms with Crippen molar-refractivity contribution in [3.05, 3.63) is 39.7 Å². The van der Waals surface area contributed by atoms with Gasteiger partial charge in [-0.2, -0.15) is 5.10 Å². The van der Waals surface area contributed by atoms with Crippen LogP contribution in [0.3, 0.4) is 0 Å². The summed E-state index contributed by atoms with van der Waals surface area (Å²) in [6.45, 7) is 9.60. The molecule has 0 aliphatic carbocycles. The molecule has 27 heavy (non-hydrogen) atoms. The average Bonchev–Trinajstić information content (AvgIpc) is 3.15. The second-order valence-electron chi connectivity index (χ2n) is 8.21. The lowest BCUT2D eigenvalue weighted by atomic mass is 9.92. The third-order valence-corrected chi connectivity index (χ3v) is 6.23. The topological polar surface area (TPSA) is 58.6 Å². The summed E-state index contributed by atoms with van der Waals surface area (Å²) in [5.74, 6) is 0.888. The number of thiophene rings is 1. The van der Waals surface area contributed by atoms with E-state index in [-0.39, 0.29) is 11.3 Å². The molecule has 2 aliphatic rings. The highest BCUT2D eigenvalue weighted by atomic mass is 32.1. The molecule has 1 amide bonds. The number of aromatic nitrogens is 2. The Morgan fingerprint density at radius 1 is 1.22 bits per heavy atom. The monoisotopic (exact) mass is 386 g/mol. The van der Waals surface area contributed by atoms with Crippen molar-refractivity contribution in [2.45, 2.75) is 45.3 Å². The Hall–Kier alpha value is -1.99. The maximum absolute atomic E-state index is 13.0. The molecule has 7 heteroatoms. The number of anilines is 1. The van der Waals surface area contributed by atoms with Gasteiger partial charge in [0.05, 0.1) is 18.8 Å². The van der Waals surface area contributed by atoms with E-state index in [1.807, 2.05) is 17.0 Å². The van der Waals surface area contributed by atoms with Crippen LogP contribution < -0.4 is 4.90 Å². The molecule has 1 unspecified atom stereocenters. The molecule has 0 spiro atoms. The second-order valence-corrected chi connectivity index (χ2v) is 9.21. The standard InChI is InChI=1S/C20H26N4O2S/c1-20(2,3)17-4-5-18(22-21-17)23-9-10-26-15(13-23)19(25)24-8-6-16-14(12-24)7-11-27-16/h4-5,7,11,15H,6,8-10,12-13H2,1-3H3. The quantitative estimate of drug-likeness (QED) is 0.794. The molecule has 4 rings (SSSR count). The van der Waals surface area contributed by atoms with E-state index < -0.39 is 6.10 Å². The number of carbonyl (C=O) groups excluding carboxylic acids is 1. The summed E-state index contributed by atoms with van der Waals surface area (Å²) in [5.41, 5.74) is 2.21. The van der Waals surface area contributed by atoms with Crippen molar-refractivity contribution in [2.75, 3.05) is 31.1 Å². The minimum atomic E-state index is -0.442. The van der Waals surface area contributed by atoms with Gasteiger partial charge in [0.25, 0.3) is 5.91 Å². The Morgan fingerprint density at radius 2 is 2.07 bits per heavy atom. The first-order valence-electron chi connectivity index (χ1n) is 9.46. The van der Waals surface area contributed by atoms with Gasteiger partial charge in [-0.1, -0.05) is 20.8 Å². The molecule has 1 fully saturated rings. The van der Waals surface area contributed by atoms with Crippen molar-refractivity contribution >= 4 is 23.1 Å². The number of carbonyl (C=O) groups is 1. The predicted octanol–water partition coefficient (Wildman–Crippen LogP) is 2.63. The predicted molar refractivity (Wildman–Crippen MR) is 106 cm³/mol. The number of hydrogen-bond acceptors (Lipinski definition) is 6. The van der Waals surface area contributed by atoms with Gasteiger partial charge in [-0.25, -0.2) is 0 Å². The number of rotatable bonds is 2. The summed E-state index contributed by atoms with van der Waals surface area (Å²) in [4.78, 5) is 18.4. The lowest BCUT2D eigenvalue weighted by Gasteiger charge is -2.36. The molecule has 1 saturated heterocycles. The third kappa shape index (κ3) is 3.84. The molecular weight excluding hydrogens is 360 g/mol. The number of morpholine rings is 1. The first-order chi connectivity index (χ1) is 12.9. The molecule has 2 aliphatic heterocycles. The summed E-state index contributed by atoms with van der Waals surface area (Å²) in [5, 5.41) is 10.9. The van der Waals surface area contributed by atoms with Crippen LogP contribution in [0.4, 0.5) is 5.82 Å². The fourth-order valence-corrected chi connectivity index (χ4v) is 4.43. The number of amides is 1. The van der Waals surface area contributed by atoms with Crippen LogP contribution in [0.5, 0.6) is 0 Å². The molecule has 0 saturated carbocycles. The molecule has 0 radical (unpaired) electrons. The molecule has 2 aromatic rings. The van der Waals surface area contributed by atoms with E-state index in [1.165, 1.54) is 10.4 Å². The minimum Gasteiger partial charge on any atom is -0.365 e. The van der Waals surface area contributed by atoms with Crippen molar-refractivity contribution in [1.29, 1.82) is 0 Å². The number of nitrogens with zero attached hydrogens (tertiary/aromatic N) is 4. The molecule has 4 heterocycles. The van der Waals surface area contributed by atoms with Gasteiger partial charge in [0.15, 0.2) is 11.9 Å². The normalized spacial score (nSPS) is 20.5. The van der Waals surface area contributed by atoms with Crippen LogP contribution in [0, 0.1) is 0 Å². The minimum absolute atomic E-state index is 0.0240. The molecular formula is C20H26N4O2S. The second kappa shape index (κ2) is 7.20. The summed E-state index contributed by atoms with van der Waals surface area (Å²) >= 11 is 1.78. The Kier molecular flexibility index (Phi) is 4.90. The first kappa shape index (κ1) is 18.4. The van der Waals surface area contributed by atoms with Gasteiger partial charge in [0.1, 0.15) is 0 Å². The molecule has 2 aromatic heterocycles. The summed E-state index contributed by atoms with van der Waals surface area (Å²) in [7, 11) is 0. The van der Waals surface area contributed by atoms with Crippen LogP contribution in [0.2, 0.25) is 0 Å². The van der Waals surface area contributed by atoms with Crippen LogP contribution in [0.25, 0.3) is 0 Å². The molecule has 144 valence electrons. The van der Waals surface area contributed by atoms with Gasteiger partial charge >= 0.3 is 0 Å². The van der Waals surface area contributed by atoms with Crippen LogP contribution in [0.15, 0.2) is 23.6 Å². The van der Waals surface area contributed by atoms with Gasteiger partial charge < -0.3 is 14.5 Å². The first-order valence-corrected chi connectivity index (χ1v) is 10.3. The van der Waals surface area contributed by atoms with E-state index in [9.17, 15) is 4.79 Å². The molecule has 6 nitrogen and oxygen atoms in total. The van der Waals surface area contributed by atoms with Crippen LogP contribution in [-0.4, -0.2) is 53.3 Å². The molecule has 1 atom stereocenters.